The van der Waals surface area contributed by atoms with Gasteiger partial charge >= 0.3 is 0 Å². The van der Waals surface area contributed by atoms with Crippen molar-refractivity contribution in [3.63, 3.8) is 0 Å². The van der Waals surface area contributed by atoms with Crippen molar-refractivity contribution in [2.24, 2.45) is 0 Å². The van der Waals surface area contributed by atoms with Crippen molar-refractivity contribution in [1.29, 1.82) is 0 Å². The monoisotopic (exact) mass is 285 g/mol. The molecule has 2 nitrogen and oxygen atoms in total. The van der Waals surface area contributed by atoms with Crippen LogP contribution in [0.3, 0.4) is 0 Å². The molecule has 3 rings (SSSR count). The molecule has 0 amide bonds. The van der Waals surface area contributed by atoms with E-state index in [0.717, 1.165) is 24.3 Å². The van der Waals surface area contributed by atoms with Crippen LogP contribution in [-0.4, -0.2) is 6.04 Å². The summed E-state index contributed by atoms with van der Waals surface area (Å²) in [5.41, 5.74) is 5.28. The van der Waals surface area contributed by atoms with E-state index in [1.807, 2.05) is 0 Å². The summed E-state index contributed by atoms with van der Waals surface area (Å²) < 4.78 is 6.20. The van der Waals surface area contributed by atoms with Gasteiger partial charge in [-0.2, -0.15) is 0 Å². The largest absolute Gasteiger partial charge is 0.459 e. The summed E-state index contributed by atoms with van der Waals surface area (Å²) in [7, 11) is 0. The smallest absolute Gasteiger partial charge is 0.137 e. The van der Waals surface area contributed by atoms with Crippen LogP contribution in [0, 0.1) is 6.92 Å². The lowest BCUT2D eigenvalue weighted by Crippen LogP contribution is -2.15. The standard InChI is InChI=1S/C19H27NO/c1-6-15-16-10-13(19(3,4)5)9-12(2)18(16)21-17(15)11-20-14-7-8-14/h9-10,14,20H,6-8,11H2,1-5H3. The summed E-state index contributed by atoms with van der Waals surface area (Å²) in [6.45, 7) is 12.1. The third-order valence-corrected chi connectivity index (χ3v) is 4.51. The maximum Gasteiger partial charge on any atom is 0.137 e. The zero-order valence-electron chi connectivity index (χ0n) is 14.0. The van der Waals surface area contributed by atoms with Gasteiger partial charge in [0, 0.05) is 17.0 Å². The number of hydrogen-bond donors (Lipinski definition) is 1. The van der Waals surface area contributed by atoms with Gasteiger partial charge in [-0.15, -0.1) is 0 Å². The van der Waals surface area contributed by atoms with Gasteiger partial charge in [0.2, 0.25) is 0 Å². The molecule has 114 valence electrons. The zero-order valence-corrected chi connectivity index (χ0v) is 14.0. The molecule has 1 saturated carbocycles. The van der Waals surface area contributed by atoms with Gasteiger partial charge in [0.25, 0.3) is 0 Å². The molecule has 0 unspecified atom stereocenters. The average molecular weight is 285 g/mol. The van der Waals surface area contributed by atoms with Crippen molar-refractivity contribution in [3.8, 4) is 0 Å². The van der Waals surface area contributed by atoms with E-state index in [-0.39, 0.29) is 5.41 Å². The minimum Gasteiger partial charge on any atom is -0.459 e. The third kappa shape index (κ3) is 2.87. The Morgan fingerprint density at radius 3 is 2.52 bits per heavy atom. The highest BCUT2D eigenvalue weighted by Crippen LogP contribution is 2.34. The molecule has 1 heterocycles. The highest BCUT2D eigenvalue weighted by Gasteiger charge is 2.23. The van der Waals surface area contributed by atoms with Crippen LogP contribution in [0.25, 0.3) is 11.0 Å². The summed E-state index contributed by atoms with van der Waals surface area (Å²) >= 11 is 0. The quantitative estimate of drug-likeness (QED) is 0.868. The van der Waals surface area contributed by atoms with Gasteiger partial charge in [-0.05, 0) is 48.8 Å². The van der Waals surface area contributed by atoms with Crippen molar-refractivity contribution in [3.05, 3.63) is 34.6 Å². The molecule has 2 aromatic rings. The Labute approximate surface area is 127 Å². The van der Waals surface area contributed by atoms with Gasteiger partial charge in [0.1, 0.15) is 11.3 Å². The number of nitrogens with one attached hydrogen (secondary N) is 1. The molecular weight excluding hydrogens is 258 g/mol. The number of aryl methyl sites for hydroxylation is 2. The fourth-order valence-electron chi connectivity index (χ4n) is 2.96. The molecule has 0 aliphatic heterocycles. The Morgan fingerprint density at radius 2 is 1.95 bits per heavy atom. The molecular formula is C19H27NO. The lowest BCUT2D eigenvalue weighted by molar-refractivity contribution is 0.505. The Hall–Kier alpha value is -1.28. The number of furan rings is 1. The van der Waals surface area contributed by atoms with Crippen LogP contribution in [-0.2, 0) is 18.4 Å². The first-order valence-corrected chi connectivity index (χ1v) is 8.19. The van der Waals surface area contributed by atoms with Crippen molar-refractivity contribution in [2.75, 3.05) is 0 Å². The van der Waals surface area contributed by atoms with E-state index in [9.17, 15) is 0 Å². The van der Waals surface area contributed by atoms with Gasteiger partial charge in [-0.3, -0.25) is 0 Å². The number of benzene rings is 1. The van der Waals surface area contributed by atoms with Gasteiger partial charge in [0.05, 0.1) is 6.54 Å². The summed E-state index contributed by atoms with van der Waals surface area (Å²) in [6.07, 6.45) is 3.66. The lowest BCUT2D eigenvalue weighted by Gasteiger charge is -2.19. The zero-order chi connectivity index (χ0) is 15.2. The fourth-order valence-corrected chi connectivity index (χ4v) is 2.96. The summed E-state index contributed by atoms with van der Waals surface area (Å²) in [5, 5.41) is 4.89. The lowest BCUT2D eigenvalue weighted by atomic mass is 9.85. The van der Waals surface area contributed by atoms with Gasteiger partial charge in [-0.25, -0.2) is 0 Å². The number of rotatable bonds is 4. The van der Waals surface area contributed by atoms with E-state index >= 15 is 0 Å². The Balaban J connectivity index is 2.07. The average Bonchev–Trinajstić information content (AvgIpc) is 3.16. The second kappa shape index (κ2) is 5.17. The van der Waals surface area contributed by atoms with E-state index in [0.29, 0.717) is 6.04 Å². The molecule has 0 bridgehead atoms. The first-order valence-electron chi connectivity index (χ1n) is 8.19. The van der Waals surface area contributed by atoms with Crippen molar-refractivity contribution < 1.29 is 4.42 Å². The normalized spacial score (nSPS) is 15.9. The Kier molecular flexibility index (Phi) is 3.61. The molecule has 1 aromatic carbocycles. The second-order valence-corrected chi connectivity index (χ2v) is 7.43. The van der Waals surface area contributed by atoms with Crippen molar-refractivity contribution in [2.45, 2.75) is 71.9 Å². The topological polar surface area (TPSA) is 25.2 Å². The molecule has 1 N–H and O–H groups in total. The van der Waals surface area contributed by atoms with Gasteiger partial charge < -0.3 is 9.73 Å². The molecule has 0 spiro atoms. The van der Waals surface area contributed by atoms with E-state index in [1.165, 1.54) is 34.9 Å². The van der Waals surface area contributed by atoms with Crippen molar-refractivity contribution >= 4 is 11.0 Å². The molecule has 1 aromatic heterocycles. The first-order chi connectivity index (χ1) is 9.90. The van der Waals surface area contributed by atoms with E-state index < -0.39 is 0 Å². The van der Waals surface area contributed by atoms with Crippen LogP contribution in [0.4, 0.5) is 0 Å². The summed E-state index contributed by atoms with van der Waals surface area (Å²) in [5.74, 6) is 1.13. The van der Waals surface area contributed by atoms with Crippen LogP contribution in [0.1, 0.15) is 63.0 Å². The van der Waals surface area contributed by atoms with Crippen LogP contribution in [0.2, 0.25) is 0 Å². The highest BCUT2D eigenvalue weighted by atomic mass is 16.3. The fraction of sp³-hybridized carbons (Fsp3) is 0.579. The molecule has 21 heavy (non-hydrogen) atoms. The summed E-state index contributed by atoms with van der Waals surface area (Å²) in [4.78, 5) is 0. The Morgan fingerprint density at radius 1 is 1.24 bits per heavy atom. The summed E-state index contributed by atoms with van der Waals surface area (Å²) in [6, 6.07) is 5.34. The van der Waals surface area contributed by atoms with E-state index in [2.05, 4.69) is 52.1 Å². The SMILES string of the molecule is CCc1c(CNC2CC2)oc2c(C)cc(C(C)(C)C)cc12. The van der Waals surface area contributed by atoms with Crippen LogP contribution < -0.4 is 5.32 Å². The van der Waals surface area contributed by atoms with E-state index in [1.54, 1.807) is 0 Å². The molecule has 0 radical (unpaired) electrons. The van der Waals surface area contributed by atoms with Gasteiger partial charge in [-0.1, -0.05) is 33.8 Å². The number of fused-ring (bicyclic) bond motifs is 1. The second-order valence-electron chi connectivity index (χ2n) is 7.43. The molecule has 1 fully saturated rings. The van der Waals surface area contributed by atoms with E-state index in [4.69, 9.17) is 4.42 Å². The molecule has 1 aliphatic carbocycles. The predicted molar refractivity (Wildman–Crippen MR) is 88.9 cm³/mol. The minimum atomic E-state index is 0.174. The molecule has 0 atom stereocenters. The van der Waals surface area contributed by atoms with Crippen LogP contribution >= 0.6 is 0 Å². The maximum absolute atomic E-state index is 6.20. The van der Waals surface area contributed by atoms with Crippen molar-refractivity contribution in [1.82, 2.24) is 5.32 Å². The van der Waals surface area contributed by atoms with Gasteiger partial charge in [0.15, 0.2) is 0 Å². The molecule has 0 saturated heterocycles. The van der Waals surface area contributed by atoms with Crippen LogP contribution in [0.5, 0.6) is 0 Å². The number of hydrogen-bond acceptors (Lipinski definition) is 2. The third-order valence-electron chi connectivity index (χ3n) is 4.51. The molecule has 2 heteroatoms. The maximum atomic E-state index is 6.20. The molecule has 1 aliphatic rings. The minimum absolute atomic E-state index is 0.174. The highest BCUT2D eigenvalue weighted by molar-refractivity contribution is 5.86. The van der Waals surface area contributed by atoms with Crippen LogP contribution in [0.15, 0.2) is 16.5 Å². The first kappa shape index (κ1) is 14.6. The predicted octanol–water partition coefficient (Wildman–Crippen LogP) is 4.85. The Bertz CT molecular complexity index is 656.